The average molecular weight is 209 g/mol. The lowest BCUT2D eigenvalue weighted by molar-refractivity contribution is 0.568. The molecule has 1 heterocycles. The molecule has 1 aromatic carbocycles. The Kier molecular flexibility index (Phi) is 3.27. The van der Waals surface area contributed by atoms with Gasteiger partial charge in [-0.2, -0.15) is 0 Å². The molecule has 16 heavy (non-hydrogen) atoms. The van der Waals surface area contributed by atoms with Crippen LogP contribution in [0.15, 0.2) is 54.9 Å². The van der Waals surface area contributed by atoms with Crippen LogP contribution < -0.4 is 0 Å². The Labute approximate surface area is 94.3 Å². The van der Waals surface area contributed by atoms with Crippen LogP contribution in [-0.2, 0) is 11.2 Å². The summed E-state index contributed by atoms with van der Waals surface area (Å²) in [5.74, 6) is 1.79. The first kappa shape index (κ1) is 10.3. The van der Waals surface area contributed by atoms with Gasteiger partial charge in [-0.1, -0.05) is 30.3 Å². The van der Waals surface area contributed by atoms with Crippen molar-refractivity contribution < 1.29 is 4.79 Å². The largest absolute Gasteiger partial charge is 0.264 e. The number of allylic oxidation sites excluding steroid dienone is 1. The number of rotatable bonds is 3. The maximum Gasteiger partial charge on any atom is 0.120 e. The van der Waals surface area contributed by atoms with Gasteiger partial charge in [-0.25, -0.2) is 4.79 Å². The molecular formula is C14H11NO. The van der Waals surface area contributed by atoms with Crippen LogP contribution in [0.4, 0.5) is 0 Å². The third-order valence-corrected chi connectivity index (χ3v) is 2.34. The molecule has 0 fully saturated rings. The SMILES string of the molecule is O=C=CCc1cccc(-c2cccnc2)c1. The van der Waals surface area contributed by atoms with Crippen LogP contribution in [0, 0.1) is 0 Å². The molecule has 2 nitrogen and oxygen atoms in total. The molecule has 2 heteroatoms. The molecule has 0 aliphatic carbocycles. The van der Waals surface area contributed by atoms with Crippen LogP contribution in [0.1, 0.15) is 5.56 Å². The second-order valence-electron chi connectivity index (χ2n) is 3.47. The molecule has 0 aliphatic heterocycles. The summed E-state index contributed by atoms with van der Waals surface area (Å²) in [5.41, 5.74) is 3.30. The van der Waals surface area contributed by atoms with E-state index >= 15 is 0 Å². The van der Waals surface area contributed by atoms with Crippen molar-refractivity contribution in [3.8, 4) is 11.1 Å². The number of hydrogen-bond donors (Lipinski definition) is 0. The predicted molar refractivity (Wildman–Crippen MR) is 63.6 cm³/mol. The lowest BCUT2D eigenvalue weighted by atomic mass is 10.0. The third kappa shape index (κ3) is 2.44. The third-order valence-electron chi connectivity index (χ3n) is 2.34. The van der Waals surface area contributed by atoms with Crippen molar-refractivity contribution in [2.75, 3.05) is 0 Å². The van der Waals surface area contributed by atoms with Crippen molar-refractivity contribution in [3.05, 3.63) is 60.4 Å². The topological polar surface area (TPSA) is 30.0 Å². The van der Waals surface area contributed by atoms with E-state index in [1.165, 1.54) is 6.08 Å². The minimum atomic E-state index is 0.623. The lowest BCUT2D eigenvalue weighted by Crippen LogP contribution is -1.84. The molecule has 2 rings (SSSR count). The number of nitrogens with zero attached hydrogens (tertiary/aromatic N) is 1. The first-order valence-corrected chi connectivity index (χ1v) is 5.09. The van der Waals surface area contributed by atoms with Crippen molar-refractivity contribution in [1.82, 2.24) is 4.98 Å². The van der Waals surface area contributed by atoms with Crippen molar-refractivity contribution in [2.45, 2.75) is 6.42 Å². The molecule has 0 atom stereocenters. The standard InChI is InChI=1S/C14H11NO/c16-9-3-5-12-4-1-6-13(10-12)14-7-2-8-15-11-14/h1-4,6-8,10-11H,5H2. The summed E-state index contributed by atoms with van der Waals surface area (Å²) < 4.78 is 0. The van der Waals surface area contributed by atoms with E-state index in [0.717, 1.165) is 16.7 Å². The van der Waals surface area contributed by atoms with E-state index < -0.39 is 0 Å². The maximum atomic E-state index is 10.1. The van der Waals surface area contributed by atoms with Gasteiger partial charge in [0, 0.05) is 24.9 Å². The van der Waals surface area contributed by atoms with Gasteiger partial charge >= 0.3 is 0 Å². The molecule has 0 bridgehead atoms. The van der Waals surface area contributed by atoms with Crippen molar-refractivity contribution >= 4 is 5.94 Å². The van der Waals surface area contributed by atoms with Crippen LogP contribution in [-0.4, -0.2) is 10.9 Å². The van der Waals surface area contributed by atoms with Gasteiger partial charge in [-0.15, -0.1) is 0 Å². The molecule has 0 N–H and O–H groups in total. The first-order chi connectivity index (χ1) is 7.90. The molecule has 2 aromatic rings. The summed E-state index contributed by atoms with van der Waals surface area (Å²) in [7, 11) is 0. The van der Waals surface area contributed by atoms with Gasteiger partial charge in [-0.05, 0) is 22.8 Å². The van der Waals surface area contributed by atoms with Crippen molar-refractivity contribution in [3.63, 3.8) is 0 Å². The van der Waals surface area contributed by atoms with E-state index in [1.807, 2.05) is 36.5 Å². The van der Waals surface area contributed by atoms with Crippen molar-refractivity contribution in [1.29, 1.82) is 0 Å². The average Bonchev–Trinajstić information content (AvgIpc) is 2.38. The van der Waals surface area contributed by atoms with Gasteiger partial charge in [-0.3, -0.25) is 4.98 Å². The van der Waals surface area contributed by atoms with E-state index in [-0.39, 0.29) is 0 Å². The smallest absolute Gasteiger partial charge is 0.120 e. The monoisotopic (exact) mass is 209 g/mol. The molecule has 1 aromatic heterocycles. The Morgan fingerprint density at radius 2 is 2.06 bits per heavy atom. The summed E-state index contributed by atoms with van der Waals surface area (Å²) >= 11 is 0. The molecule has 0 radical (unpaired) electrons. The van der Waals surface area contributed by atoms with Gasteiger partial charge in [0.05, 0.1) is 0 Å². The lowest BCUT2D eigenvalue weighted by Gasteiger charge is -2.02. The van der Waals surface area contributed by atoms with E-state index in [0.29, 0.717) is 6.42 Å². The molecule has 0 saturated carbocycles. The Morgan fingerprint density at radius 1 is 1.19 bits per heavy atom. The van der Waals surface area contributed by atoms with Gasteiger partial charge in [0.1, 0.15) is 5.94 Å². The van der Waals surface area contributed by atoms with E-state index in [9.17, 15) is 4.79 Å². The van der Waals surface area contributed by atoms with E-state index in [4.69, 9.17) is 0 Å². The Balaban J connectivity index is 2.32. The quantitative estimate of drug-likeness (QED) is 0.727. The maximum absolute atomic E-state index is 10.1. The molecule has 0 aliphatic rings. The fraction of sp³-hybridized carbons (Fsp3) is 0.0714. The summed E-state index contributed by atoms with van der Waals surface area (Å²) in [6, 6.07) is 12.0. The van der Waals surface area contributed by atoms with Crippen LogP contribution in [0.25, 0.3) is 11.1 Å². The predicted octanol–water partition coefficient (Wildman–Crippen LogP) is 2.68. The number of pyridine rings is 1. The zero-order valence-corrected chi connectivity index (χ0v) is 8.76. The second kappa shape index (κ2) is 5.06. The highest BCUT2D eigenvalue weighted by Gasteiger charge is 1.97. The number of carbonyl (C=O) groups excluding carboxylic acids is 1. The Hall–Kier alpha value is -2.18. The van der Waals surface area contributed by atoms with Crippen LogP contribution in [0.2, 0.25) is 0 Å². The highest BCUT2D eigenvalue weighted by molar-refractivity contribution is 5.63. The normalized spacial score (nSPS) is 9.50. The van der Waals surface area contributed by atoms with E-state index in [1.54, 1.807) is 12.1 Å². The second-order valence-corrected chi connectivity index (χ2v) is 3.47. The zero-order valence-electron chi connectivity index (χ0n) is 8.76. The highest BCUT2D eigenvalue weighted by atomic mass is 16.1. The summed E-state index contributed by atoms with van der Waals surface area (Å²) in [6.45, 7) is 0. The fourth-order valence-electron chi connectivity index (χ4n) is 1.57. The first-order valence-electron chi connectivity index (χ1n) is 5.09. The van der Waals surface area contributed by atoms with Gasteiger partial charge < -0.3 is 0 Å². The summed E-state index contributed by atoms with van der Waals surface area (Å²) in [4.78, 5) is 14.2. The number of aromatic nitrogens is 1. The molecule has 78 valence electrons. The van der Waals surface area contributed by atoms with Crippen molar-refractivity contribution in [2.24, 2.45) is 0 Å². The molecule has 0 saturated heterocycles. The molecule has 0 spiro atoms. The fourth-order valence-corrected chi connectivity index (χ4v) is 1.57. The Morgan fingerprint density at radius 3 is 2.81 bits per heavy atom. The van der Waals surface area contributed by atoms with Gasteiger partial charge in [0.25, 0.3) is 0 Å². The van der Waals surface area contributed by atoms with Crippen LogP contribution in [0.3, 0.4) is 0 Å². The minimum Gasteiger partial charge on any atom is -0.264 e. The zero-order chi connectivity index (χ0) is 11.2. The summed E-state index contributed by atoms with van der Waals surface area (Å²) in [6.07, 6.45) is 5.69. The van der Waals surface area contributed by atoms with Crippen LogP contribution in [0.5, 0.6) is 0 Å². The molecular weight excluding hydrogens is 198 g/mol. The summed E-state index contributed by atoms with van der Waals surface area (Å²) in [5, 5.41) is 0. The molecule has 0 amide bonds. The van der Waals surface area contributed by atoms with Gasteiger partial charge in [0.2, 0.25) is 0 Å². The molecule has 0 unspecified atom stereocenters. The number of benzene rings is 1. The number of hydrogen-bond acceptors (Lipinski definition) is 2. The van der Waals surface area contributed by atoms with Crippen LogP contribution >= 0.6 is 0 Å². The Bertz CT molecular complexity index is 513. The van der Waals surface area contributed by atoms with E-state index in [2.05, 4.69) is 11.1 Å². The highest BCUT2D eigenvalue weighted by Crippen LogP contribution is 2.19. The van der Waals surface area contributed by atoms with Gasteiger partial charge in [0.15, 0.2) is 0 Å². The minimum absolute atomic E-state index is 0.623.